The summed E-state index contributed by atoms with van der Waals surface area (Å²) in [4.78, 5) is 7.12. The summed E-state index contributed by atoms with van der Waals surface area (Å²) < 4.78 is 0. The Labute approximate surface area is 122 Å². The minimum atomic E-state index is 0.718. The fourth-order valence-electron chi connectivity index (χ4n) is 2.24. The first kappa shape index (κ1) is 12.9. The molecule has 3 nitrogen and oxygen atoms in total. The zero-order chi connectivity index (χ0) is 13.9. The van der Waals surface area contributed by atoms with Gasteiger partial charge in [0.25, 0.3) is 0 Å². The molecule has 0 unspecified atom stereocenters. The zero-order valence-corrected chi connectivity index (χ0v) is 12.2. The van der Waals surface area contributed by atoms with Crippen LogP contribution in [0.4, 0.5) is 11.4 Å². The van der Waals surface area contributed by atoms with E-state index in [1.54, 1.807) is 6.20 Å². The van der Waals surface area contributed by atoms with E-state index in [9.17, 15) is 0 Å². The van der Waals surface area contributed by atoms with Crippen LogP contribution in [-0.4, -0.2) is 4.98 Å². The number of aryl methyl sites for hydroxylation is 1. The second-order valence-corrected chi connectivity index (χ2v) is 5.93. The molecule has 2 aromatic heterocycles. The molecule has 1 aromatic carbocycles. The van der Waals surface area contributed by atoms with Gasteiger partial charge in [0.2, 0.25) is 0 Å². The number of hydrogen-bond donors (Lipinski definition) is 2. The number of thiophene rings is 1. The highest BCUT2D eigenvalue weighted by Gasteiger charge is 2.05. The highest BCUT2D eigenvalue weighted by atomic mass is 32.1. The van der Waals surface area contributed by atoms with Gasteiger partial charge in [-0.2, -0.15) is 0 Å². The number of nitrogens with zero attached hydrogens (tertiary/aromatic N) is 1. The number of nitrogen functional groups attached to an aromatic ring is 1. The number of anilines is 2. The molecule has 0 radical (unpaired) electrons. The second kappa shape index (κ2) is 5.51. The van der Waals surface area contributed by atoms with Crippen LogP contribution < -0.4 is 11.1 Å². The molecule has 0 aliphatic heterocycles. The smallest absolute Gasteiger partial charge is 0.0951 e. The molecule has 102 valence electrons. The van der Waals surface area contributed by atoms with Crippen molar-refractivity contribution in [2.75, 3.05) is 11.1 Å². The minimum absolute atomic E-state index is 0.718. The van der Waals surface area contributed by atoms with E-state index in [0.717, 1.165) is 35.2 Å². The molecule has 0 fully saturated rings. The van der Waals surface area contributed by atoms with Gasteiger partial charge in [0.15, 0.2) is 0 Å². The van der Waals surface area contributed by atoms with E-state index in [0.29, 0.717) is 0 Å². The van der Waals surface area contributed by atoms with E-state index in [1.165, 1.54) is 9.75 Å². The van der Waals surface area contributed by atoms with E-state index < -0.39 is 0 Å². The number of rotatable bonds is 4. The Morgan fingerprint density at radius 1 is 1.15 bits per heavy atom. The van der Waals surface area contributed by atoms with Gasteiger partial charge in [-0.05, 0) is 42.8 Å². The third kappa shape index (κ3) is 2.47. The fraction of sp³-hybridized carbons (Fsp3) is 0.188. The Kier molecular flexibility index (Phi) is 3.56. The van der Waals surface area contributed by atoms with Crippen LogP contribution in [0.5, 0.6) is 0 Å². The lowest BCUT2D eigenvalue weighted by molar-refractivity contribution is 1.19. The van der Waals surface area contributed by atoms with Crippen LogP contribution in [0.25, 0.3) is 10.9 Å². The first-order valence-electron chi connectivity index (χ1n) is 6.72. The molecular formula is C16H17N3S. The topological polar surface area (TPSA) is 50.9 Å². The van der Waals surface area contributed by atoms with Crippen molar-refractivity contribution in [3.8, 4) is 0 Å². The average molecular weight is 283 g/mol. The van der Waals surface area contributed by atoms with Crippen molar-refractivity contribution in [3.63, 3.8) is 0 Å². The number of hydrogen-bond acceptors (Lipinski definition) is 4. The van der Waals surface area contributed by atoms with Gasteiger partial charge in [0.05, 0.1) is 11.2 Å². The standard InChI is InChI=1S/C16H17N3S/c1-2-11-5-6-12(20-11)10-19-15-8-7-14(17)16-13(15)4-3-9-18-16/h3-9,19H,2,10,17H2,1H3. The van der Waals surface area contributed by atoms with Gasteiger partial charge in [-0.1, -0.05) is 6.92 Å². The molecule has 0 saturated carbocycles. The average Bonchev–Trinajstić information content (AvgIpc) is 2.95. The van der Waals surface area contributed by atoms with Gasteiger partial charge < -0.3 is 11.1 Å². The first-order chi connectivity index (χ1) is 9.78. The van der Waals surface area contributed by atoms with E-state index in [2.05, 4.69) is 29.4 Å². The van der Waals surface area contributed by atoms with Crippen LogP contribution in [0.2, 0.25) is 0 Å². The predicted octanol–water partition coefficient (Wildman–Crippen LogP) is 4.05. The molecule has 0 amide bonds. The quantitative estimate of drug-likeness (QED) is 0.710. The Hall–Kier alpha value is -2.07. The van der Waals surface area contributed by atoms with Crippen molar-refractivity contribution >= 4 is 33.6 Å². The highest BCUT2D eigenvalue weighted by molar-refractivity contribution is 7.12. The SMILES string of the molecule is CCc1ccc(CNc2ccc(N)c3ncccc23)s1. The Bertz CT molecular complexity index is 733. The molecule has 0 spiro atoms. The second-order valence-electron chi connectivity index (χ2n) is 4.68. The summed E-state index contributed by atoms with van der Waals surface area (Å²) in [6.07, 6.45) is 2.87. The summed E-state index contributed by atoms with van der Waals surface area (Å²) in [5.74, 6) is 0. The molecule has 4 heteroatoms. The van der Waals surface area contributed by atoms with E-state index in [1.807, 2.05) is 35.6 Å². The molecule has 0 aliphatic rings. The normalized spacial score (nSPS) is 10.8. The van der Waals surface area contributed by atoms with Crippen molar-refractivity contribution in [1.29, 1.82) is 0 Å². The lowest BCUT2D eigenvalue weighted by Crippen LogP contribution is -1.99. The van der Waals surface area contributed by atoms with Gasteiger partial charge in [0, 0.05) is 33.6 Å². The first-order valence-corrected chi connectivity index (χ1v) is 7.54. The maximum absolute atomic E-state index is 5.97. The fourth-order valence-corrected chi connectivity index (χ4v) is 3.14. The summed E-state index contributed by atoms with van der Waals surface area (Å²) >= 11 is 1.86. The van der Waals surface area contributed by atoms with Crippen molar-refractivity contribution < 1.29 is 0 Å². The largest absolute Gasteiger partial charge is 0.397 e. The van der Waals surface area contributed by atoms with Crippen molar-refractivity contribution in [3.05, 3.63) is 52.3 Å². The van der Waals surface area contributed by atoms with Gasteiger partial charge in [-0.25, -0.2) is 0 Å². The van der Waals surface area contributed by atoms with Gasteiger partial charge in [-0.15, -0.1) is 11.3 Å². The number of aromatic nitrogens is 1. The molecule has 3 rings (SSSR count). The number of nitrogens with one attached hydrogen (secondary N) is 1. The molecule has 3 aromatic rings. The summed E-state index contributed by atoms with van der Waals surface area (Å²) in [7, 11) is 0. The summed E-state index contributed by atoms with van der Waals surface area (Å²) in [5, 5.41) is 4.55. The van der Waals surface area contributed by atoms with E-state index >= 15 is 0 Å². The molecule has 0 saturated heterocycles. The predicted molar refractivity (Wildman–Crippen MR) is 87.2 cm³/mol. The Balaban J connectivity index is 1.86. The van der Waals surface area contributed by atoms with Crippen molar-refractivity contribution in [2.24, 2.45) is 0 Å². The van der Waals surface area contributed by atoms with Crippen LogP contribution in [0, 0.1) is 0 Å². The number of pyridine rings is 1. The maximum atomic E-state index is 5.97. The lowest BCUT2D eigenvalue weighted by Gasteiger charge is -2.10. The molecular weight excluding hydrogens is 266 g/mol. The molecule has 0 aliphatic carbocycles. The third-order valence-electron chi connectivity index (χ3n) is 3.32. The van der Waals surface area contributed by atoms with E-state index in [-0.39, 0.29) is 0 Å². The van der Waals surface area contributed by atoms with Gasteiger partial charge in [0.1, 0.15) is 0 Å². The van der Waals surface area contributed by atoms with E-state index in [4.69, 9.17) is 5.73 Å². The summed E-state index contributed by atoms with van der Waals surface area (Å²) in [6, 6.07) is 12.3. The number of benzene rings is 1. The lowest BCUT2D eigenvalue weighted by atomic mass is 10.1. The van der Waals surface area contributed by atoms with Crippen LogP contribution in [0.3, 0.4) is 0 Å². The van der Waals surface area contributed by atoms with Crippen LogP contribution in [-0.2, 0) is 13.0 Å². The van der Waals surface area contributed by atoms with Crippen LogP contribution in [0.15, 0.2) is 42.6 Å². The zero-order valence-electron chi connectivity index (χ0n) is 11.4. The number of fused-ring (bicyclic) bond motifs is 1. The molecule has 0 atom stereocenters. The van der Waals surface area contributed by atoms with Crippen molar-refractivity contribution in [2.45, 2.75) is 19.9 Å². The molecule has 20 heavy (non-hydrogen) atoms. The van der Waals surface area contributed by atoms with Crippen molar-refractivity contribution in [1.82, 2.24) is 4.98 Å². The van der Waals surface area contributed by atoms with Crippen LogP contribution >= 0.6 is 11.3 Å². The monoisotopic (exact) mass is 283 g/mol. The Morgan fingerprint density at radius 2 is 2.00 bits per heavy atom. The highest BCUT2D eigenvalue weighted by Crippen LogP contribution is 2.27. The molecule has 0 bridgehead atoms. The Morgan fingerprint density at radius 3 is 2.80 bits per heavy atom. The maximum Gasteiger partial charge on any atom is 0.0951 e. The summed E-state index contributed by atoms with van der Waals surface area (Å²) in [6.45, 7) is 3.01. The summed E-state index contributed by atoms with van der Waals surface area (Å²) in [5.41, 5.74) is 8.62. The minimum Gasteiger partial charge on any atom is -0.397 e. The molecule has 2 heterocycles. The third-order valence-corrected chi connectivity index (χ3v) is 4.55. The van der Waals surface area contributed by atoms with Crippen LogP contribution in [0.1, 0.15) is 16.7 Å². The molecule has 3 N–H and O–H groups in total. The van der Waals surface area contributed by atoms with Gasteiger partial charge in [-0.3, -0.25) is 4.98 Å². The number of nitrogens with two attached hydrogens (primary N) is 1. The van der Waals surface area contributed by atoms with Gasteiger partial charge >= 0.3 is 0 Å².